The second-order valence-corrected chi connectivity index (χ2v) is 9.84. The molecule has 0 atom stereocenters. The fourth-order valence-electron chi connectivity index (χ4n) is 4.21. The molecule has 42 heavy (non-hydrogen) atoms. The summed E-state index contributed by atoms with van der Waals surface area (Å²) in [7, 11) is 18.1. The van der Waals surface area contributed by atoms with Gasteiger partial charge in [0.05, 0.1) is 67.2 Å². The van der Waals surface area contributed by atoms with E-state index >= 15 is 0 Å². The number of nitrogens with zero attached hydrogens (tertiary/aromatic N) is 5. The lowest BCUT2D eigenvalue weighted by atomic mass is 9.49. The average molecular weight is 566 g/mol. The van der Waals surface area contributed by atoms with Crippen LogP contribution >= 0.6 is 0 Å². The Morgan fingerprint density at radius 1 is 1.12 bits per heavy atom. The molecule has 17 heteroatoms. The number of carbonyl (C=O) groups is 3. The van der Waals surface area contributed by atoms with Crippen LogP contribution in [0.4, 0.5) is 17.2 Å². The lowest BCUT2D eigenvalue weighted by molar-refractivity contribution is -0.134. The van der Waals surface area contributed by atoms with Crippen LogP contribution in [-0.2, 0) is 20.7 Å². The van der Waals surface area contributed by atoms with Gasteiger partial charge in [-0.3, -0.25) is 14.4 Å². The molecule has 1 aromatic carbocycles. The van der Waals surface area contributed by atoms with Crippen LogP contribution < -0.4 is 20.7 Å². The van der Waals surface area contributed by atoms with Crippen molar-refractivity contribution in [3.8, 4) is 17.2 Å². The molecule has 3 N–H and O–H groups in total. The summed E-state index contributed by atoms with van der Waals surface area (Å²) in [4.78, 5) is 43.9. The minimum atomic E-state index is -2.02. The van der Waals surface area contributed by atoms with E-state index in [0.717, 1.165) is 12.8 Å². The zero-order chi connectivity index (χ0) is 29.9. The first-order chi connectivity index (χ1) is 20.1. The van der Waals surface area contributed by atoms with Gasteiger partial charge in [0.25, 0.3) is 11.8 Å². The number of benzene rings is 1. The van der Waals surface area contributed by atoms with Gasteiger partial charge in [-0.2, -0.15) is 4.98 Å². The number of amides is 3. The largest absolute Gasteiger partial charge is 0.494 e. The molecule has 1 aliphatic carbocycles. The topological polar surface area (TPSA) is 174 Å². The summed E-state index contributed by atoms with van der Waals surface area (Å²) < 4.78 is 16.4. The Bertz CT molecular complexity index is 1490. The molecule has 210 valence electrons. The van der Waals surface area contributed by atoms with Crippen LogP contribution in [0.15, 0.2) is 28.8 Å². The Morgan fingerprint density at radius 2 is 1.88 bits per heavy atom. The smallest absolute Gasteiger partial charge is 0.272 e. The summed E-state index contributed by atoms with van der Waals surface area (Å²) in [6.07, 6.45) is 1.55. The maximum Gasteiger partial charge on any atom is 0.272 e. The number of hydrogen-bond donors (Lipinski definition) is 3. The van der Waals surface area contributed by atoms with Crippen molar-refractivity contribution in [1.29, 1.82) is 0 Å². The first kappa shape index (κ1) is 29.1. The number of carbonyl (C=O) groups excluding carboxylic acids is 3. The number of rotatable bonds is 10. The van der Waals surface area contributed by atoms with Crippen molar-refractivity contribution in [1.82, 2.24) is 30.6 Å². The number of anilines is 3. The molecule has 3 heterocycles. The molecule has 0 unspecified atom stereocenters. The normalized spacial score (nSPS) is 15.1. The van der Waals surface area contributed by atoms with Crippen LogP contribution in [-0.4, -0.2) is 105 Å². The van der Waals surface area contributed by atoms with Gasteiger partial charge >= 0.3 is 0 Å². The first-order valence-corrected chi connectivity index (χ1v) is 13.1. The molecule has 2 aromatic heterocycles. The number of morpholine rings is 1. The van der Waals surface area contributed by atoms with Gasteiger partial charge in [-0.1, -0.05) is 16.5 Å². The molecular weight excluding hydrogens is 541 g/mol. The number of hydrogen-bond acceptors (Lipinski definition) is 11. The summed E-state index contributed by atoms with van der Waals surface area (Å²) in [5.74, 6) is -0.511. The van der Waals surface area contributed by atoms with Gasteiger partial charge in [-0.25, -0.2) is 0 Å². The Hall–Kier alpha value is -4.40. The quantitative estimate of drug-likeness (QED) is 0.279. The molecule has 0 bridgehead atoms. The van der Waals surface area contributed by atoms with Gasteiger partial charge in [0.2, 0.25) is 11.8 Å². The maximum absolute atomic E-state index is 12.9. The molecular formula is C25H25B3N8O6. The van der Waals surface area contributed by atoms with Crippen LogP contribution in [0, 0.1) is 5.92 Å². The number of methoxy groups -OCH3 is 1. The molecule has 1 saturated carbocycles. The summed E-state index contributed by atoms with van der Waals surface area (Å²) in [6.45, 7) is 1.97. The highest BCUT2D eigenvalue weighted by Crippen LogP contribution is 2.38. The molecule has 2 aliphatic rings. The molecule has 14 nitrogen and oxygen atoms in total. The van der Waals surface area contributed by atoms with Gasteiger partial charge in [0.15, 0.2) is 23.1 Å². The number of nitrogens with one attached hydrogen (secondary N) is 3. The van der Waals surface area contributed by atoms with E-state index in [-0.39, 0.29) is 58.8 Å². The van der Waals surface area contributed by atoms with Gasteiger partial charge in [0.1, 0.15) is 0 Å². The van der Waals surface area contributed by atoms with Crippen LogP contribution in [0.3, 0.4) is 0 Å². The lowest BCUT2D eigenvalue weighted by Gasteiger charge is -2.26. The van der Waals surface area contributed by atoms with Crippen molar-refractivity contribution in [3.05, 3.63) is 35.8 Å². The Balaban J connectivity index is 1.42. The monoisotopic (exact) mass is 566 g/mol. The zero-order valence-electron chi connectivity index (χ0n) is 22.8. The summed E-state index contributed by atoms with van der Waals surface area (Å²) in [5.41, 5.74) is 0.718. The highest BCUT2D eigenvalue weighted by molar-refractivity contribution is 6.60. The van der Waals surface area contributed by atoms with E-state index in [1.165, 1.54) is 13.2 Å². The van der Waals surface area contributed by atoms with Crippen molar-refractivity contribution >= 4 is 58.5 Å². The van der Waals surface area contributed by atoms with Crippen molar-refractivity contribution in [2.45, 2.75) is 24.5 Å². The first-order valence-electron chi connectivity index (χ1n) is 13.1. The van der Waals surface area contributed by atoms with Crippen LogP contribution in [0.2, 0.25) is 0 Å². The van der Waals surface area contributed by atoms with E-state index in [2.05, 4.69) is 36.3 Å². The predicted octanol–water partition coefficient (Wildman–Crippen LogP) is -0.125. The third kappa shape index (κ3) is 7.08. The summed E-state index contributed by atoms with van der Waals surface area (Å²) >= 11 is 0. The molecule has 1 aliphatic heterocycles. The number of ether oxygens (including phenoxy) is 2. The average Bonchev–Trinajstić information content (AvgIpc) is 3.71. The van der Waals surface area contributed by atoms with Gasteiger partial charge < -0.3 is 34.8 Å². The van der Waals surface area contributed by atoms with E-state index in [4.69, 9.17) is 37.5 Å². The van der Waals surface area contributed by atoms with Crippen molar-refractivity contribution in [2.24, 2.45) is 5.92 Å². The third-order valence-corrected chi connectivity index (χ3v) is 6.40. The molecule has 1 saturated heterocycles. The van der Waals surface area contributed by atoms with Crippen molar-refractivity contribution in [2.75, 3.05) is 44.0 Å². The SMILES string of the molecule is [B]C([B])([B])NC(=O)c1nnc(NC(=O)C2CC2)cc1Nc1cccc(-c2nc(CC(=O)N3CCOCC3)no2)c1OC. The predicted molar refractivity (Wildman–Crippen MR) is 152 cm³/mol. The summed E-state index contributed by atoms with van der Waals surface area (Å²) in [5, 5.41) is 17.8. The van der Waals surface area contributed by atoms with Crippen molar-refractivity contribution in [3.63, 3.8) is 0 Å². The minimum Gasteiger partial charge on any atom is -0.494 e. The van der Waals surface area contributed by atoms with Crippen LogP contribution in [0.25, 0.3) is 11.5 Å². The van der Waals surface area contributed by atoms with Crippen LogP contribution in [0.1, 0.15) is 29.2 Å². The van der Waals surface area contributed by atoms with E-state index in [0.29, 0.717) is 37.6 Å². The summed E-state index contributed by atoms with van der Waals surface area (Å²) in [6, 6.07) is 6.49. The van der Waals surface area contributed by atoms with Gasteiger partial charge in [-0.05, 0) is 25.0 Å². The fourth-order valence-corrected chi connectivity index (χ4v) is 4.21. The zero-order valence-corrected chi connectivity index (χ0v) is 22.8. The van der Waals surface area contributed by atoms with E-state index in [9.17, 15) is 14.4 Å². The van der Waals surface area contributed by atoms with Gasteiger partial charge in [-0.15, -0.1) is 10.2 Å². The number of para-hydroxylation sites is 1. The molecule has 3 aromatic rings. The minimum absolute atomic E-state index is 0.0365. The van der Waals surface area contributed by atoms with E-state index < -0.39 is 11.1 Å². The van der Waals surface area contributed by atoms with E-state index in [1.54, 1.807) is 23.1 Å². The Morgan fingerprint density at radius 3 is 2.57 bits per heavy atom. The Kier molecular flexibility index (Phi) is 8.47. The highest BCUT2D eigenvalue weighted by Gasteiger charge is 2.30. The lowest BCUT2D eigenvalue weighted by Crippen LogP contribution is -2.50. The molecule has 2 fully saturated rings. The second-order valence-electron chi connectivity index (χ2n) is 9.84. The number of aromatic nitrogens is 4. The molecule has 0 spiro atoms. The van der Waals surface area contributed by atoms with Crippen LogP contribution in [0.5, 0.6) is 5.75 Å². The third-order valence-electron chi connectivity index (χ3n) is 6.40. The molecule has 3 amide bonds. The fraction of sp³-hybridized carbons (Fsp3) is 0.400. The van der Waals surface area contributed by atoms with E-state index in [1.807, 2.05) is 0 Å². The van der Waals surface area contributed by atoms with Gasteiger partial charge in [0, 0.05) is 25.1 Å². The maximum atomic E-state index is 12.9. The second kappa shape index (κ2) is 12.2. The molecule has 6 radical (unpaired) electrons. The standard InChI is InChI=1S/C25H25B3N8O6/c1-40-21-14(24-31-18(35-42-24)12-19(37)36-7-9-41-10-8-36)3-2-4-15(21)29-16-11-17(30-22(38)13-5-6-13)33-34-20(16)23(39)32-25(26,27)28/h2-4,11,13H,5-10,12H2,1H3,(H,32,39)(H2,29,30,33,38). The molecule has 5 rings (SSSR count). The Labute approximate surface area is 244 Å². The van der Waals surface area contributed by atoms with Crippen molar-refractivity contribution < 1.29 is 28.4 Å². The highest BCUT2D eigenvalue weighted by atomic mass is 16.5.